The van der Waals surface area contributed by atoms with Crippen molar-refractivity contribution in [2.24, 2.45) is 0 Å². The van der Waals surface area contributed by atoms with Gasteiger partial charge in [-0.05, 0) is 0 Å². The molecule has 5 heteroatoms. The molecule has 0 aliphatic rings. The average molecular weight is 212 g/mol. The molecule has 0 atom stereocenters. The fourth-order valence-electron chi connectivity index (χ4n) is 0.374. The molecule has 0 aromatic carbocycles. The Morgan fingerprint density at radius 3 is 2.90 bits per heavy atom. The second-order valence-corrected chi connectivity index (χ2v) is 2.08. The lowest BCUT2D eigenvalue weighted by molar-refractivity contribution is -0.118. The van der Waals surface area contributed by atoms with Crippen LogP contribution in [0.3, 0.4) is 0 Å². The van der Waals surface area contributed by atoms with Crippen molar-refractivity contribution in [2.75, 3.05) is 25.3 Å². The number of ether oxygens (including phenoxy) is 1. The summed E-state index contributed by atoms with van der Waals surface area (Å²) in [5, 5.41) is 11.0. The lowest BCUT2D eigenvalue weighted by atomic mass is 10.6. The topological polar surface area (TPSA) is 58.6 Å². The molecule has 0 rings (SSSR count). The summed E-state index contributed by atoms with van der Waals surface area (Å²) in [5.41, 5.74) is 0. The van der Waals surface area contributed by atoms with Gasteiger partial charge in [0.15, 0.2) is 0 Å². The largest absolute Gasteiger partial charge is 0.371 e. The summed E-state index contributed by atoms with van der Waals surface area (Å²) >= 11 is 2.98. The monoisotopic (exact) mass is 211 g/mol. The third kappa shape index (κ3) is 6.00. The maximum Gasteiger partial charge on any atom is 0.230 e. The van der Waals surface area contributed by atoms with Gasteiger partial charge in [-0.1, -0.05) is 15.9 Å². The van der Waals surface area contributed by atoms with Gasteiger partial charge in [0.2, 0.25) is 5.91 Å². The fraction of sp³-hybridized carbons (Fsp3) is 0.800. The van der Waals surface area contributed by atoms with Crippen LogP contribution in [0.2, 0.25) is 0 Å². The number of hydrogen-bond acceptors (Lipinski definition) is 3. The maximum absolute atomic E-state index is 10.5. The molecule has 0 radical (unpaired) electrons. The molecular formula is C5H10BrNO3. The van der Waals surface area contributed by atoms with Crippen molar-refractivity contribution < 1.29 is 14.6 Å². The van der Waals surface area contributed by atoms with E-state index in [1.165, 1.54) is 0 Å². The SMILES string of the molecule is O=C(CBr)NCCOCO. The highest BCUT2D eigenvalue weighted by atomic mass is 79.9. The molecule has 0 unspecified atom stereocenters. The molecular weight excluding hydrogens is 202 g/mol. The van der Waals surface area contributed by atoms with Crippen molar-refractivity contribution in [1.82, 2.24) is 5.32 Å². The van der Waals surface area contributed by atoms with E-state index in [0.29, 0.717) is 18.5 Å². The maximum atomic E-state index is 10.5. The van der Waals surface area contributed by atoms with Crippen molar-refractivity contribution in [3.63, 3.8) is 0 Å². The fourth-order valence-corrected chi connectivity index (χ4v) is 0.573. The number of aliphatic hydroxyl groups is 1. The zero-order valence-electron chi connectivity index (χ0n) is 5.47. The highest BCUT2D eigenvalue weighted by Crippen LogP contribution is 1.77. The van der Waals surface area contributed by atoms with Crippen LogP contribution in [0.15, 0.2) is 0 Å². The number of carbonyl (C=O) groups is 1. The predicted molar refractivity (Wildman–Crippen MR) is 39.8 cm³/mol. The van der Waals surface area contributed by atoms with Crippen LogP contribution < -0.4 is 5.32 Å². The van der Waals surface area contributed by atoms with Crippen LogP contribution in [0.4, 0.5) is 0 Å². The van der Waals surface area contributed by atoms with E-state index in [9.17, 15) is 4.79 Å². The number of rotatable bonds is 5. The van der Waals surface area contributed by atoms with Gasteiger partial charge in [-0.15, -0.1) is 0 Å². The first-order valence-electron chi connectivity index (χ1n) is 2.82. The van der Waals surface area contributed by atoms with Crippen LogP contribution in [-0.4, -0.2) is 36.3 Å². The first kappa shape index (κ1) is 9.87. The Labute approximate surface area is 67.7 Å². The van der Waals surface area contributed by atoms with Crippen LogP contribution in [0.5, 0.6) is 0 Å². The van der Waals surface area contributed by atoms with E-state index in [2.05, 4.69) is 26.0 Å². The zero-order chi connectivity index (χ0) is 7.82. The molecule has 0 aliphatic carbocycles. The van der Waals surface area contributed by atoms with E-state index in [0.717, 1.165) is 0 Å². The van der Waals surface area contributed by atoms with E-state index in [-0.39, 0.29) is 12.7 Å². The first-order chi connectivity index (χ1) is 4.81. The second-order valence-electron chi connectivity index (χ2n) is 1.52. The summed E-state index contributed by atoms with van der Waals surface area (Å²) < 4.78 is 4.55. The van der Waals surface area contributed by atoms with Crippen LogP contribution in [0.1, 0.15) is 0 Å². The molecule has 2 N–H and O–H groups in total. The molecule has 0 aromatic heterocycles. The molecule has 10 heavy (non-hydrogen) atoms. The molecule has 4 nitrogen and oxygen atoms in total. The van der Waals surface area contributed by atoms with Crippen molar-refractivity contribution in [2.45, 2.75) is 0 Å². The number of carbonyl (C=O) groups excluding carboxylic acids is 1. The number of hydrogen-bond donors (Lipinski definition) is 2. The number of alkyl halides is 1. The molecule has 0 fully saturated rings. The first-order valence-corrected chi connectivity index (χ1v) is 3.94. The van der Waals surface area contributed by atoms with E-state index in [1.54, 1.807) is 0 Å². The van der Waals surface area contributed by atoms with Gasteiger partial charge in [0.1, 0.15) is 6.79 Å². The minimum Gasteiger partial charge on any atom is -0.371 e. The predicted octanol–water partition coefficient (Wildman–Crippen LogP) is -0.536. The third-order valence-corrected chi connectivity index (χ3v) is 1.29. The summed E-state index contributed by atoms with van der Waals surface area (Å²) in [6, 6.07) is 0. The summed E-state index contributed by atoms with van der Waals surface area (Å²) in [6.45, 7) is 0.477. The Morgan fingerprint density at radius 1 is 1.70 bits per heavy atom. The molecule has 0 aliphatic heterocycles. The van der Waals surface area contributed by atoms with Gasteiger partial charge in [0.25, 0.3) is 0 Å². The molecule has 0 saturated carbocycles. The summed E-state index contributed by atoms with van der Waals surface area (Å²) in [5.74, 6) is -0.0819. The van der Waals surface area contributed by atoms with Crippen LogP contribution in [0, 0.1) is 0 Å². The van der Waals surface area contributed by atoms with E-state index in [4.69, 9.17) is 5.11 Å². The van der Waals surface area contributed by atoms with Gasteiger partial charge in [0, 0.05) is 6.54 Å². The summed E-state index contributed by atoms with van der Waals surface area (Å²) in [7, 11) is 0. The van der Waals surface area contributed by atoms with Crippen LogP contribution in [0.25, 0.3) is 0 Å². The van der Waals surface area contributed by atoms with Gasteiger partial charge in [-0.2, -0.15) is 0 Å². The van der Waals surface area contributed by atoms with Gasteiger partial charge in [-0.25, -0.2) is 0 Å². The smallest absolute Gasteiger partial charge is 0.230 e. The molecule has 0 bridgehead atoms. The van der Waals surface area contributed by atoms with Gasteiger partial charge < -0.3 is 15.2 Å². The van der Waals surface area contributed by atoms with Crippen molar-refractivity contribution in [1.29, 1.82) is 0 Å². The normalized spacial score (nSPS) is 9.40. The minimum atomic E-state index is -0.301. The molecule has 60 valence electrons. The summed E-state index contributed by atoms with van der Waals surface area (Å²) in [6.07, 6.45) is 0. The third-order valence-electron chi connectivity index (χ3n) is 0.781. The average Bonchev–Trinajstić information content (AvgIpc) is 1.98. The summed E-state index contributed by atoms with van der Waals surface area (Å²) in [4.78, 5) is 10.5. The Bertz CT molecular complexity index is 98.9. The molecule has 0 aromatic rings. The van der Waals surface area contributed by atoms with Gasteiger partial charge in [0.05, 0.1) is 11.9 Å². The lowest BCUT2D eigenvalue weighted by Crippen LogP contribution is -2.27. The number of halogens is 1. The second kappa shape index (κ2) is 6.98. The zero-order valence-corrected chi connectivity index (χ0v) is 7.06. The van der Waals surface area contributed by atoms with Crippen LogP contribution >= 0.6 is 15.9 Å². The van der Waals surface area contributed by atoms with E-state index >= 15 is 0 Å². The number of nitrogens with one attached hydrogen (secondary N) is 1. The van der Waals surface area contributed by atoms with E-state index in [1.807, 2.05) is 0 Å². The highest BCUT2D eigenvalue weighted by Gasteiger charge is 1.94. The number of amides is 1. The van der Waals surface area contributed by atoms with Crippen LogP contribution in [-0.2, 0) is 9.53 Å². The Morgan fingerprint density at radius 2 is 2.40 bits per heavy atom. The Hall–Kier alpha value is -0.130. The number of aliphatic hydroxyl groups excluding tert-OH is 1. The lowest BCUT2D eigenvalue weighted by Gasteiger charge is -2.01. The van der Waals surface area contributed by atoms with E-state index < -0.39 is 0 Å². The molecule has 0 saturated heterocycles. The van der Waals surface area contributed by atoms with Crippen molar-refractivity contribution in [3.8, 4) is 0 Å². The Kier molecular flexibility index (Phi) is 6.89. The van der Waals surface area contributed by atoms with Gasteiger partial charge in [-0.3, -0.25) is 4.79 Å². The van der Waals surface area contributed by atoms with Crippen molar-refractivity contribution >= 4 is 21.8 Å². The molecule has 1 amide bonds. The van der Waals surface area contributed by atoms with Crippen molar-refractivity contribution in [3.05, 3.63) is 0 Å². The Balaban J connectivity index is 2.96. The minimum absolute atomic E-state index is 0.0819. The molecule has 0 spiro atoms. The van der Waals surface area contributed by atoms with Gasteiger partial charge >= 0.3 is 0 Å². The highest BCUT2D eigenvalue weighted by molar-refractivity contribution is 9.09. The molecule has 0 heterocycles. The standard InChI is InChI=1S/C5H10BrNO3/c6-3-5(9)7-1-2-10-4-8/h8H,1-4H2,(H,7,9). The quantitative estimate of drug-likeness (QED) is 0.365.